The van der Waals surface area contributed by atoms with E-state index in [1.165, 1.54) is 0 Å². The lowest BCUT2D eigenvalue weighted by molar-refractivity contribution is 1.06. The summed E-state index contributed by atoms with van der Waals surface area (Å²) in [6.07, 6.45) is 6.72. The minimum Gasteiger partial charge on any atom is -0.308 e. The van der Waals surface area contributed by atoms with Gasteiger partial charge >= 0.3 is 0 Å². The highest BCUT2D eigenvalue weighted by atomic mass is 16.1. The van der Waals surface area contributed by atoms with Crippen molar-refractivity contribution < 1.29 is 0 Å². The Morgan fingerprint density at radius 2 is 1.88 bits per heavy atom. The van der Waals surface area contributed by atoms with Crippen LogP contribution >= 0.6 is 0 Å². The maximum absolute atomic E-state index is 11.8. The monoisotopic (exact) mass is 224 g/mol. The van der Waals surface area contributed by atoms with Crippen LogP contribution < -0.4 is 5.56 Å². The van der Waals surface area contributed by atoms with E-state index in [4.69, 9.17) is 0 Å². The van der Waals surface area contributed by atoms with Crippen molar-refractivity contribution in [3.63, 3.8) is 0 Å². The van der Waals surface area contributed by atoms with Gasteiger partial charge in [0, 0.05) is 24.8 Å². The Morgan fingerprint density at radius 1 is 1.06 bits per heavy atom. The van der Waals surface area contributed by atoms with Crippen LogP contribution in [0.25, 0.3) is 17.0 Å². The fraction of sp³-hybridized carbons (Fsp3) is 0. The van der Waals surface area contributed by atoms with Crippen LogP contribution in [-0.2, 0) is 0 Å². The second-order valence-corrected chi connectivity index (χ2v) is 3.50. The zero-order valence-electron chi connectivity index (χ0n) is 8.82. The van der Waals surface area contributed by atoms with Crippen LogP contribution in [0.4, 0.5) is 0 Å². The molecule has 3 rings (SSSR count). The molecule has 0 unspecified atom stereocenters. The van der Waals surface area contributed by atoms with Gasteiger partial charge in [0.1, 0.15) is 11.2 Å². The summed E-state index contributed by atoms with van der Waals surface area (Å²) < 4.78 is 1.77. The van der Waals surface area contributed by atoms with Gasteiger partial charge in [0.05, 0.1) is 0 Å². The lowest BCUT2D eigenvalue weighted by Crippen LogP contribution is -2.13. The van der Waals surface area contributed by atoms with Crippen LogP contribution in [0.1, 0.15) is 0 Å². The van der Waals surface area contributed by atoms with Gasteiger partial charge in [-0.1, -0.05) is 6.07 Å². The quantitative estimate of drug-likeness (QED) is 0.622. The molecule has 0 saturated carbocycles. The van der Waals surface area contributed by atoms with E-state index in [1.807, 2.05) is 18.3 Å². The van der Waals surface area contributed by atoms with Crippen molar-refractivity contribution in [2.45, 2.75) is 0 Å². The van der Waals surface area contributed by atoms with Crippen LogP contribution in [-0.4, -0.2) is 19.4 Å². The van der Waals surface area contributed by atoms with E-state index >= 15 is 0 Å². The summed E-state index contributed by atoms with van der Waals surface area (Å²) in [6, 6.07) is 7.18. The highest BCUT2D eigenvalue weighted by molar-refractivity contribution is 5.54. The molecular weight excluding hydrogens is 216 g/mol. The lowest BCUT2D eigenvalue weighted by atomic mass is 10.3. The molecule has 0 atom stereocenters. The summed E-state index contributed by atoms with van der Waals surface area (Å²) in [5.74, 6) is 0.392. The van der Waals surface area contributed by atoms with Crippen LogP contribution in [0.2, 0.25) is 0 Å². The van der Waals surface area contributed by atoms with E-state index in [1.54, 1.807) is 35.1 Å². The highest BCUT2D eigenvalue weighted by Crippen LogP contribution is 2.08. The molecule has 5 heteroatoms. The van der Waals surface area contributed by atoms with Crippen molar-refractivity contribution in [1.82, 2.24) is 19.4 Å². The second kappa shape index (κ2) is 3.79. The summed E-state index contributed by atoms with van der Waals surface area (Å²) in [7, 11) is 0. The predicted octanol–water partition coefficient (Wildman–Crippen LogP) is 1.15. The zero-order valence-corrected chi connectivity index (χ0v) is 8.82. The maximum Gasteiger partial charge on any atom is 0.284 e. The number of hydrogen-bond donors (Lipinski definition) is 0. The van der Waals surface area contributed by atoms with E-state index in [0.29, 0.717) is 17.0 Å². The summed E-state index contributed by atoms with van der Waals surface area (Å²) in [4.78, 5) is 23.9. The molecule has 0 N–H and O–H groups in total. The predicted molar refractivity (Wildman–Crippen MR) is 62.5 cm³/mol. The molecule has 0 aliphatic rings. The number of aromatic nitrogens is 4. The first-order chi connectivity index (χ1) is 8.34. The fourth-order valence-corrected chi connectivity index (χ4v) is 1.60. The molecule has 0 saturated heterocycles. The first-order valence-electron chi connectivity index (χ1n) is 5.10. The highest BCUT2D eigenvalue weighted by Gasteiger charge is 2.07. The molecule has 3 aromatic rings. The minimum atomic E-state index is -0.317. The fourth-order valence-electron chi connectivity index (χ4n) is 1.60. The SMILES string of the molecule is O=c1nc2ccccn2cc1-c1ncccn1. The number of hydrogen-bond acceptors (Lipinski definition) is 4. The molecular formula is C12H8N4O. The van der Waals surface area contributed by atoms with Gasteiger partial charge in [-0.3, -0.25) is 4.79 Å². The largest absolute Gasteiger partial charge is 0.308 e. The topological polar surface area (TPSA) is 60.2 Å². The summed E-state index contributed by atoms with van der Waals surface area (Å²) >= 11 is 0. The Hall–Kier alpha value is -2.56. The van der Waals surface area contributed by atoms with Gasteiger partial charge in [-0.25, -0.2) is 9.97 Å². The molecule has 0 aromatic carbocycles. The van der Waals surface area contributed by atoms with Crippen molar-refractivity contribution in [3.8, 4) is 11.4 Å². The lowest BCUT2D eigenvalue weighted by Gasteiger charge is -2.02. The Morgan fingerprint density at radius 3 is 2.71 bits per heavy atom. The van der Waals surface area contributed by atoms with Crippen LogP contribution in [0.3, 0.4) is 0 Å². The zero-order chi connectivity index (χ0) is 11.7. The first kappa shape index (κ1) is 9.65. The summed E-state index contributed by atoms with van der Waals surface area (Å²) in [5.41, 5.74) is 0.689. The molecule has 17 heavy (non-hydrogen) atoms. The van der Waals surface area contributed by atoms with Gasteiger partial charge in [-0.15, -0.1) is 0 Å². The van der Waals surface area contributed by atoms with Gasteiger partial charge < -0.3 is 4.40 Å². The van der Waals surface area contributed by atoms with Gasteiger partial charge in [-0.2, -0.15) is 4.98 Å². The van der Waals surface area contributed by atoms with Crippen molar-refractivity contribution in [3.05, 3.63) is 59.4 Å². The van der Waals surface area contributed by atoms with E-state index < -0.39 is 0 Å². The van der Waals surface area contributed by atoms with Crippen molar-refractivity contribution in [2.75, 3.05) is 0 Å². The third-order valence-electron chi connectivity index (χ3n) is 2.39. The van der Waals surface area contributed by atoms with Gasteiger partial charge in [0.25, 0.3) is 5.56 Å². The molecule has 82 valence electrons. The molecule has 0 radical (unpaired) electrons. The Bertz CT molecular complexity index is 721. The Kier molecular flexibility index (Phi) is 2.15. The van der Waals surface area contributed by atoms with E-state index in [9.17, 15) is 4.79 Å². The van der Waals surface area contributed by atoms with Gasteiger partial charge in [0.2, 0.25) is 0 Å². The summed E-state index contributed by atoms with van der Waals surface area (Å²) in [5, 5.41) is 0. The second-order valence-electron chi connectivity index (χ2n) is 3.50. The molecule has 0 amide bonds. The van der Waals surface area contributed by atoms with E-state index in [0.717, 1.165) is 0 Å². The molecule has 0 spiro atoms. The van der Waals surface area contributed by atoms with Gasteiger partial charge in [0.15, 0.2) is 5.82 Å². The summed E-state index contributed by atoms with van der Waals surface area (Å²) in [6.45, 7) is 0. The first-order valence-corrected chi connectivity index (χ1v) is 5.10. The Balaban J connectivity index is 2.31. The minimum absolute atomic E-state index is 0.317. The molecule has 5 nitrogen and oxygen atoms in total. The molecule has 3 heterocycles. The van der Waals surface area contributed by atoms with Crippen LogP contribution in [0, 0.1) is 0 Å². The maximum atomic E-state index is 11.8. The van der Waals surface area contributed by atoms with Crippen molar-refractivity contribution in [1.29, 1.82) is 0 Å². The smallest absolute Gasteiger partial charge is 0.284 e. The number of fused-ring (bicyclic) bond motifs is 1. The molecule has 0 bridgehead atoms. The molecule has 0 aliphatic heterocycles. The molecule has 0 fully saturated rings. The van der Waals surface area contributed by atoms with Crippen molar-refractivity contribution in [2.24, 2.45) is 0 Å². The van der Waals surface area contributed by atoms with Gasteiger partial charge in [-0.05, 0) is 18.2 Å². The van der Waals surface area contributed by atoms with Crippen LogP contribution in [0.15, 0.2) is 53.8 Å². The number of nitrogens with zero attached hydrogens (tertiary/aromatic N) is 4. The third-order valence-corrected chi connectivity index (χ3v) is 2.39. The van der Waals surface area contributed by atoms with Crippen molar-refractivity contribution >= 4 is 5.65 Å². The Labute approximate surface area is 96.4 Å². The average Bonchev–Trinajstić information content (AvgIpc) is 2.39. The normalized spacial score (nSPS) is 10.6. The van der Waals surface area contributed by atoms with E-state index in [2.05, 4.69) is 15.0 Å². The standard InChI is InChI=1S/C12H8N4O/c17-12-9(11-13-5-3-6-14-11)8-16-7-2-1-4-10(16)15-12/h1-8H. The molecule has 3 aromatic heterocycles. The average molecular weight is 224 g/mol. The van der Waals surface area contributed by atoms with E-state index in [-0.39, 0.29) is 5.56 Å². The number of pyridine rings is 1. The van der Waals surface area contributed by atoms with Crippen LogP contribution in [0.5, 0.6) is 0 Å². The third kappa shape index (κ3) is 1.67. The molecule has 0 aliphatic carbocycles. The number of rotatable bonds is 1.